The highest BCUT2D eigenvalue weighted by molar-refractivity contribution is 5.95. The van der Waals surface area contributed by atoms with Crippen molar-refractivity contribution in [2.24, 2.45) is 50.7 Å². The number of hydrogen-bond acceptors (Lipinski definition) is 16. The fourth-order valence-corrected chi connectivity index (χ4v) is 13.1. The van der Waals surface area contributed by atoms with Crippen LogP contribution in [0.25, 0.3) is 0 Å². The average molecular weight is 860 g/mol. The zero-order chi connectivity index (χ0) is 41.9. The second kappa shape index (κ2) is 16.8. The number of hydrogen-bond donors (Lipinski definition) is 8. The summed E-state index contributed by atoms with van der Waals surface area (Å²) in [5.41, 5.74) is -1.42. The summed E-state index contributed by atoms with van der Waals surface area (Å²) in [6, 6.07) is 0. The summed E-state index contributed by atoms with van der Waals surface area (Å²) < 4.78 is 22.5. The van der Waals surface area contributed by atoms with E-state index in [-0.39, 0.29) is 58.7 Å². The van der Waals surface area contributed by atoms with Gasteiger partial charge < -0.3 is 92.6 Å². The molecule has 0 aromatic rings. The van der Waals surface area contributed by atoms with Crippen LogP contribution in [0.5, 0.6) is 0 Å². The van der Waals surface area contributed by atoms with Gasteiger partial charge in [-0.3, -0.25) is 4.79 Å². The van der Waals surface area contributed by atoms with E-state index in [0.29, 0.717) is 25.7 Å². The molecule has 5 aliphatic carbocycles. The third-order valence-corrected chi connectivity index (χ3v) is 16.4. The number of allylic oxidation sites excluding steroid dienone is 2. The van der Waals surface area contributed by atoms with Crippen LogP contribution in [0.2, 0.25) is 0 Å². The van der Waals surface area contributed by atoms with Crippen LogP contribution in [0, 0.1) is 50.7 Å². The van der Waals surface area contributed by atoms with Crippen molar-refractivity contribution in [1.29, 1.82) is 0 Å². The van der Waals surface area contributed by atoms with Gasteiger partial charge >= 0.3 is 0 Å². The molecular formula is C41H69N3O16. The molecule has 2 saturated heterocycles. The standard InChI is InChI=1S/C41H60O16.3H3N/c1-37(2)21-8-11-40(5)18-7-10-38(3)13-14-39(4,36(52)53)16-19(38)17(18)15-20(42)31(40)41(21,6)12-9-22(37)54-34-27(47)25(45)28(30(57-34)33(50)51)55-35-26(46)23(43)24(44)29(56-35)32(48)49;;;/h15,18-19,21-31,34-35,43-47H,7-14,16H2,1-6H3,(H,48,49)(H,50,51)(H,52,53);3*1H3/t18?,19-,21?,22-,23-,24-,25+,26+,27+,28-,29-,30-,31?,34+,35+,38-,39-,40-,41-;;;/m0.../s1. The minimum absolute atomic E-state index is 0. The largest absolute Gasteiger partial charge is 0.550 e. The van der Waals surface area contributed by atoms with Gasteiger partial charge in [0, 0.05) is 17.3 Å². The molecule has 0 spiro atoms. The molecule has 3 unspecified atom stereocenters. The average Bonchev–Trinajstić information content (AvgIpc) is 3.12. The number of carboxylic acids is 3. The number of rotatable bonds is 7. The molecule has 17 N–H and O–H groups in total. The molecule has 7 aliphatic rings. The maximum Gasteiger partial charge on any atom is 0.187 e. The van der Waals surface area contributed by atoms with Crippen molar-refractivity contribution in [1.82, 2.24) is 18.5 Å². The third-order valence-electron chi connectivity index (χ3n) is 16.4. The zero-order valence-electron chi connectivity index (χ0n) is 36.3. The highest BCUT2D eigenvalue weighted by Crippen LogP contribution is 2.71. The highest BCUT2D eigenvalue weighted by atomic mass is 16.7. The van der Waals surface area contributed by atoms with Crippen molar-refractivity contribution in [3.63, 3.8) is 0 Å². The number of aliphatic hydroxyl groups excluding tert-OH is 5. The lowest BCUT2D eigenvalue weighted by Gasteiger charge is -2.67. The molecule has 19 nitrogen and oxygen atoms in total. The number of quaternary nitrogens is 3. The minimum Gasteiger partial charge on any atom is -0.550 e. The fraction of sp³-hybridized carbons (Fsp3) is 0.854. The van der Waals surface area contributed by atoms with E-state index in [2.05, 4.69) is 20.8 Å². The van der Waals surface area contributed by atoms with Gasteiger partial charge in [0.05, 0.1) is 18.0 Å². The molecule has 344 valence electrons. The van der Waals surface area contributed by atoms with Gasteiger partial charge in [0.25, 0.3) is 0 Å². The summed E-state index contributed by atoms with van der Waals surface area (Å²) in [5.74, 6) is -5.10. The number of fused-ring (bicyclic) bond motifs is 7. The van der Waals surface area contributed by atoms with Crippen molar-refractivity contribution in [2.75, 3.05) is 0 Å². The Kier molecular flexibility index (Phi) is 14.0. The van der Waals surface area contributed by atoms with Gasteiger partial charge in [0.1, 0.15) is 48.8 Å². The van der Waals surface area contributed by atoms with Gasteiger partial charge in [0.2, 0.25) is 0 Å². The summed E-state index contributed by atoms with van der Waals surface area (Å²) in [5, 5.41) is 89.1. The molecule has 7 rings (SSSR count). The van der Waals surface area contributed by atoms with E-state index in [0.717, 1.165) is 37.7 Å². The molecule has 0 aromatic carbocycles. The Morgan fingerprint density at radius 1 is 0.667 bits per heavy atom. The molecule has 0 radical (unpaired) electrons. The number of carbonyl (C=O) groups is 4. The lowest BCUT2D eigenvalue weighted by Crippen LogP contribution is -2.68. The van der Waals surface area contributed by atoms with Crippen LogP contribution in [0.4, 0.5) is 0 Å². The number of aliphatic carboxylic acids is 3. The Hall–Kier alpha value is -2.66. The van der Waals surface area contributed by atoms with Gasteiger partial charge in [-0.15, -0.1) is 0 Å². The fourth-order valence-electron chi connectivity index (χ4n) is 13.1. The molecule has 19 atom stereocenters. The van der Waals surface area contributed by atoms with E-state index >= 15 is 0 Å². The van der Waals surface area contributed by atoms with Gasteiger partial charge in [-0.05, 0) is 103 Å². The molecule has 0 bridgehead atoms. The lowest BCUT2D eigenvalue weighted by atomic mass is 9.37. The van der Waals surface area contributed by atoms with Crippen LogP contribution < -0.4 is 33.8 Å². The van der Waals surface area contributed by atoms with Gasteiger partial charge in [-0.2, -0.15) is 0 Å². The van der Waals surface area contributed by atoms with E-state index in [1.807, 2.05) is 19.9 Å². The van der Waals surface area contributed by atoms with Gasteiger partial charge in [-0.1, -0.05) is 47.1 Å². The first-order valence-corrected chi connectivity index (χ1v) is 20.3. The Labute approximate surface area is 349 Å². The normalized spacial score (nSPS) is 49.4. The predicted octanol–water partition coefficient (Wildman–Crippen LogP) is -1.02. The van der Waals surface area contributed by atoms with Crippen LogP contribution in [-0.4, -0.2) is 117 Å². The first-order chi connectivity index (χ1) is 26.4. The third kappa shape index (κ3) is 7.53. The molecule has 6 fully saturated rings. The summed E-state index contributed by atoms with van der Waals surface area (Å²) >= 11 is 0. The van der Waals surface area contributed by atoms with Gasteiger partial charge in [-0.25, -0.2) is 0 Å². The van der Waals surface area contributed by atoms with Crippen molar-refractivity contribution in [2.45, 2.75) is 167 Å². The topological polar surface area (TPSA) is 385 Å². The molecule has 2 aliphatic heterocycles. The van der Waals surface area contributed by atoms with Crippen molar-refractivity contribution >= 4 is 23.7 Å². The molecule has 4 saturated carbocycles. The second-order valence-electron chi connectivity index (χ2n) is 20.0. The van der Waals surface area contributed by atoms with E-state index in [9.17, 15) is 60.0 Å². The maximum atomic E-state index is 14.6. The van der Waals surface area contributed by atoms with Crippen LogP contribution in [0.15, 0.2) is 11.6 Å². The SMILES string of the molecule is CC1(C)C2CC[C@@]3(C)C4CC[C@@]5(C)CC[C@](C)(C(=O)[O-])C[C@H]5C4=CC(=O)C3[C@@]2(C)CC[C@@H]1O[C@@H]1O[C@H](C(=O)[O-])[C@@H](O[C@@H]2O[C@H](C(=O)[O-])[C@@H](O)[C@H](O)[C@H]2O)[C@H](O)[C@H]1O.[NH4+].[NH4+].[NH4+]. The maximum absolute atomic E-state index is 14.6. The first kappa shape index (κ1) is 50.0. The van der Waals surface area contributed by atoms with E-state index < -0.39 is 102 Å². The molecule has 0 amide bonds. The summed E-state index contributed by atoms with van der Waals surface area (Å²) in [6.07, 6.45) is -13.1. The second-order valence-corrected chi connectivity index (χ2v) is 20.0. The smallest absolute Gasteiger partial charge is 0.187 e. The van der Waals surface area contributed by atoms with Crippen LogP contribution in [-0.2, 0) is 38.1 Å². The van der Waals surface area contributed by atoms with E-state index in [1.54, 1.807) is 6.92 Å². The highest BCUT2D eigenvalue weighted by Gasteiger charge is 2.67. The number of ether oxygens (including phenoxy) is 4. The Morgan fingerprint density at radius 3 is 1.83 bits per heavy atom. The quantitative estimate of drug-likeness (QED) is 0.142. The molecule has 19 heteroatoms. The summed E-state index contributed by atoms with van der Waals surface area (Å²) in [7, 11) is 0. The molecule has 2 heterocycles. The van der Waals surface area contributed by atoms with Crippen molar-refractivity contribution < 1.29 is 79.0 Å². The summed E-state index contributed by atoms with van der Waals surface area (Å²) in [4.78, 5) is 50.7. The predicted molar refractivity (Wildman–Crippen MR) is 205 cm³/mol. The monoisotopic (exact) mass is 859 g/mol. The van der Waals surface area contributed by atoms with E-state index in [1.165, 1.54) is 0 Å². The number of ketones is 1. The van der Waals surface area contributed by atoms with E-state index in [4.69, 9.17) is 18.9 Å². The Balaban J connectivity index is 0.00000265. The molecular weight excluding hydrogens is 790 g/mol. The number of carbonyl (C=O) groups excluding carboxylic acids is 4. The van der Waals surface area contributed by atoms with Crippen molar-refractivity contribution in [3.05, 3.63) is 11.6 Å². The molecule has 60 heavy (non-hydrogen) atoms. The van der Waals surface area contributed by atoms with Gasteiger partial charge in [0.15, 0.2) is 18.4 Å². The lowest BCUT2D eigenvalue weighted by molar-refractivity contribution is -0.386. The Bertz CT molecular complexity index is 1700. The summed E-state index contributed by atoms with van der Waals surface area (Å²) in [6.45, 7) is 12.4. The zero-order valence-corrected chi connectivity index (χ0v) is 36.3. The number of aliphatic hydroxyl groups is 5. The van der Waals surface area contributed by atoms with Crippen LogP contribution >= 0.6 is 0 Å². The molecule has 0 aromatic heterocycles. The van der Waals surface area contributed by atoms with Crippen molar-refractivity contribution in [3.8, 4) is 0 Å². The Morgan fingerprint density at radius 2 is 1.23 bits per heavy atom. The van der Waals surface area contributed by atoms with Crippen LogP contribution in [0.3, 0.4) is 0 Å². The minimum atomic E-state index is -2.18. The first-order valence-electron chi connectivity index (χ1n) is 20.3. The van der Waals surface area contributed by atoms with Crippen LogP contribution in [0.1, 0.15) is 99.3 Å². The number of carboxylic acid groups (broad SMARTS) is 3.